The first-order valence-corrected chi connectivity index (χ1v) is 18.0. The van der Waals surface area contributed by atoms with Gasteiger partial charge in [0.05, 0.1) is 24.2 Å². The van der Waals surface area contributed by atoms with Crippen LogP contribution < -0.4 is 15.4 Å². The van der Waals surface area contributed by atoms with Gasteiger partial charge in [0.15, 0.2) is 0 Å². The van der Waals surface area contributed by atoms with Crippen molar-refractivity contribution in [2.75, 3.05) is 26.3 Å². The highest BCUT2D eigenvalue weighted by atomic mass is 79.9. The number of benzene rings is 4. The molecule has 19 heteroatoms. The molecule has 0 bridgehead atoms. The fourth-order valence-electron chi connectivity index (χ4n) is 4.13. The second kappa shape index (κ2) is 23.3. The molecule has 2 amide bonds. The van der Waals surface area contributed by atoms with E-state index >= 15 is 0 Å². The lowest BCUT2D eigenvalue weighted by Gasteiger charge is -2.19. The summed E-state index contributed by atoms with van der Waals surface area (Å²) in [4.78, 5) is 45.0. The van der Waals surface area contributed by atoms with Crippen LogP contribution in [-0.4, -0.2) is 55.2 Å². The van der Waals surface area contributed by atoms with E-state index in [0.29, 0.717) is 28.2 Å². The number of hydrogen-bond donors (Lipinski definition) is 3. The Labute approximate surface area is 341 Å². The van der Waals surface area contributed by atoms with Gasteiger partial charge in [0, 0.05) is 29.5 Å². The number of phenolic OH excluding ortho intramolecular Hbond substituents is 1. The lowest BCUT2D eigenvalue weighted by molar-refractivity contribution is -0.152. The predicted octanol–water partition coefficient (Wildman–Crippen LogP) is 9.02. The number of carbonyl (C=O) groups is 4. The van der Waals surface area contributed by atoms with Gasteiger partial charge in [-0.1, -0.05) is 75.5 Å². The lowest BCUT2D eigenvalue weighted by atomic mass is 10.1. The maximum Gasteiger partial charge on any atom is 0.416 e. The van der Waals surface area contributed by atoms with E-state index in [0.717, 1.165) is 29.8 Å². The molecule has 0 aromatic heterocycles. The van der Waals surface area contributed by atoms with Crippen molar-refractivity contribution >= 4 is 62.9 Å². The first-order chi connectivity index (χ1) is 26.7. The molecule has 0 aliphatic heterocycles. The Hall–Kier alpha value is -5.00. The fourth-order valence-corrected chi connectivity index (χ4v) is 4.82. The molecular formula is C38H35BrCl2F6N2O8. The summed E-state index contributed by atoms with van der Waals surface area (Å²) in [5, 5.41) is 14.7. The number of hydrogen-bond acceptors (Lipinski definition) is 8. The van der Waals surface area contributed by atoms with Gasteiger partial charge < -0.3 is 30.0 Å². The quantitative estimate of drug-likeness (QED) is 0.0554. The number of aromatic hydroxyl groups is 1. The summed E-state index contributed by atoms with van der Waals surface area (Å²) in [6.07, 6.45) is -10.2. The zero-order chi connectivity index (χ0) is 42.8. The molecule has 3 N–H and O–H groups in total. The smallest absolute Gasteiger partial charge is 0.416 e. The van der Waals surface area contributed by atoms with Crippen molar-refractivity contribution in [2.24, 2.45) is 0 Å². The van der Waals surface area contributed by atoms with E-state index < -0.39 is 46.3 Å². The summed E-state index contributed by atoms with van der Waals surface area (Å²) in [6.45, 7) is 3.15. The molecule has 308 valence electrons. The highest BCUT2D eigenvalue weighted by Gasteiger charge is 2.32. The molecule has 0 radical (unpaired) electrons. The van der Waals surface area contributed by atoms with Crippen LogP contribution in [0.15, 0.2) is 97.1 Å². The monoisotopic (exact) mass is 910 g/mol. The largest absolute Gasteiger partial charge is 0.508 e. The Kier molecular flexibility index (Phi) is 19.7. The van der Waals surface area contributed by atoms with E-state index in [-0.39, 0.29) is 43.1 Å². The number of rotatable bonds is 12. The van der Waals surface area contributed by atoms with Gasteiger partial charge in [0.25, 0.3) is 0 Å². The highest BCUT2D eigenvalue weighted by molar-refractivity contribution is 9.09. The van der Waals surface area contributed by atoms with E-state index in [4.69, 9.17) is 42.5 Å². The van der Waals surface area contributed by atoms with Crippen LogP contribution in [0.2, 0.25) is 10.0 Å². The normalized spacial score (nSPS) is 11.9. The zero-order valence-electron chi connectivity index (χ0n) is 29.9. The number of phenols is 1. The third-order valence-electron chi connectivity index (χ3n) is 6.79. The Morgan fingerprint density at radius 2 is 1.11 bits per heavy atom. The van der Waals surface area contributed by atoms with Gasteiger partial charge in [-0.15, -0.1) is 0 Å². The third kappa shape index (κ3) is 18.7. The van der Waals surface area contributed by atoms with Gasteiger partial charge in [-0.3, -0.25) is 14.4 Å². The summed E-state index contributed by atoms with van der Waals surface area (Å²) in [5.74, 6) is -2.18. The molecule has 0 aliphatic carbocycles. The third-order valence-corrected chi connectivity index (χ3v) is 8.19. The molecule has 10 nitrogen and oxygen atoms in total. The van der Waals surface area contributed by atoms with Crippen molar-refractivity contribution in [1.82, 2.24) is 10.6 Å². The summed E-state index contributed by atoms with van der Waals surface area (Å²) in [7, 11) is 0. The van der Waals surface area contributed by atoms with Crippen LogP contribution >= 0.6 is 39.1 Å². The first kappa shape index (κ1) is 48.1. The van der Waals surface area contributed by atoms with Crippen LogP contribution in [0.5, 0.6) is 11.5 Å². The van der Waals surface area contributed by atoms with Gasteiger partial charge in [-0.2, -0.15) is 26.3 Å². The van der Waals surface area contributed by atoms with Gasteiger partial charge in [0.2, 0.25) is 17.9 Å². The number of nitrogens with one attached hydrogen (secondary N) is 2. The fraction of sp³-hybridized carbons (Fsp3) is 0.263. The molecule has 4 aromatic carbocycles. The van der Waals surface area contributed by atoms with Crippen LogP contribution in [0.4, 0.5) is 26.3 Å². The standard InChI is InChI=1S/C19H17ClF3NO4.C12H13BrClNO3.C7H5F3O/c1-12(25)24-9-10-27-18(26)17(13-5-7-15(20)8-6-13)28-16-4-2-3-14(11-16)19(21,22)23;1-8(16)15-6-7-18-12(17)11(13)9-2-4-10(14)5-3-9;8-7(9,10)5-2-1-3-6(11)4-5/h2-8,11,17H,9-10H2,1H3,(H,24,25);2-5,11H,6-7H2,1H3,(H,15,16);1-4,11H. The molecule has 0 saturated carbocycles. The minimum atomic E-state index is -4.55. The second-order valence-corrected chi connectivity index (χ2v) is 13.1. The van der Waals surface area contributed by atoms with Gasteiger partial charge in [-0.05, 0) is 66.2 Å². The number of halogens is 9. The minimum absolute atomic E-state index is 0.0952. The molecular weight excluding hydrogens is 877 g/mol. The molecule has 2 unspecified atom stereocenters. The van der Waals surface area contributed by atoms with Crippen LogP contribution in [0, 0.1) is 0 Å². The van der Waals surface area contributed by atoms with Gasteiger partial charge >= 0.3 is 24.3 Å². The summed E-state index contributed by atoms with van der Waals surface area (Å²) >= 11 is 14.8. The number of carbonyl (C=O) groups excluding carboxylic acids is 4. The first-order valence-electron chi connectivity index (χ1n) is 16.3. The Morgan fingerprint density at radius 1 is 0.667 bits per heavy atom. The van der Waals surface area contributed by atoms with E-state index in [9.17, 15) is 45.5 Å². The molecule has 2 atom stereocenters. The van der Waals surface area contributed by atoms with Crippen molar-refractivity contribution in [3.8, 4) is 11.5 Å². The van der Waals surface area contributed by atoms with Crippen molar-refractivity contribution in [1.29, 1.82) is 0 Å². The Morgan fingerprint density at radius 3 is 1.54 bits per heavy atom. The predicted molar refractivity (Wildman–Crippen MR) is 202 cm³/mol. The Balaban J connectivity index is 0.000000329. The van der Waals surface area contributed by atoms with Gasteiger partial charge in [-0.25, -0.2) is 4.79 Å². The van der Waals surface area contributed by atoms with Crippen molar-refractivity contribution in [3.63, 3.8) is 0 Å². The van der Waals surface area contributed by atoms with Crippen LogP contribution in [0.3, 0.4) is 0 Å². The van der Waals surface area contributed by atoms with Gasteiger partial charge in [0.1, 0.15) is 29.5 Å². The average Bonchev–Trinajstić information content (AvgIpc) is 3.14. The van der Waals surface area contributed by atoms with Crippen LogP contribution in [0.1, 0.15) is 47.0 Å². The Bertz CT molecular complexity index is 1920. The minimum Gasteiger partial charge on any atom is -0.508 e. The number of esters is 2. The summed E-state index contributed by atoms with van der Waals surface area (Å²) in [5.41, 5.74) is -0.619. The summed E-state index contributed by atoms with van der Waals surface area (Å²) < 4.78 is 89.9. The van der Waals surface area contributed by atoms with E-state index in [1.807, 2.05) is 0 Å². The van der Waals surface area contributed by atoms with Crippen LogP contribution in [-0.2, 0) is 41.0 Å². The number of amides is 2. The lowest BCUT2D eigenvalue weighted by Crippen LogP contribution is -2.28. The molecule has 57 heavy (non-hydrogen) atoms. The number of alkyl halides is 7. The summed E-state index contributed by atoms with van der Waals surface area (Å²) in [6, 6.07) is 21.1. The maximum atomic E-state index is 12.9. The topological polar surface area (TPSA) is 140 Å². The van der Waals surface area contributed by atoms with Crippen molar-refractivity contribution in [3.05, 3.63) is 129 Å². The SMILES string of the molecule is CC(=O)NCCOC(=O)C(Br)c1ccc(Cl)cc1.CC(=O)NCCOC(=O)C(Oc1cccc(C(F)(F)F)c1)c1ccc(Cl)cc1.Oc1cccc(C(F)(F)F)c1. The number of ether oxygens (including phenoxy) is 3. The van der Waals surface area contributed by atoms with E-state index in [1.54, 1.807) is 24.3 Å². The van der Waals surface area contributed by atoms with Crippen molar-refractivity contribution in [2.45, 2.75) is 37.1 Å². The molecule has 0 heterocycles. The van der Waals surface area contributed by atoms with E-state index in [2.05, 4.69) is 26.6 Å². The molecule has 0 spiro atoms. The molecule has 4 aromatic rings. The highest BCUT2D eigenvalue weighted by Crippen LogP contribution is 2.33. The molecule has 0 saturated heterocycles. The zero-order valence-corrected chi connectivity index (χ0v) is 33.0. The van der Waals surface area contributed by atoms with E-state index in [1.165, 1.54) is 56.3 Å². The van der Waals surface area contributed by atoms with Crippen molar-refractivity contribution < 1.29 is 64.8 Å². The molecule has 0 fully saturated rings. The second-order valence-electron chi connectivity index (χ2n) is 11.3. The average molecular weight is 913 g/mol. The maximum absolute atomic E-state index is 12.9. The molecule has 0 aliphatic rings. The molecule has 4 rings (SSSR count). The van der Waals surface area contributed by atoms with Crippen LogP contribution in [0.25, 0.3) is 0 Å².